The monoisotopic (exact) mass is 284 g/mol. The van der Waals surface area contributed by atoms with E-state index in [2.05, 4.69) is 14.7 Å². The number of rotatable bonds is 5. The first-order chi connectivity index (χ1) is 9.13. The summed E-state index contributed by atoms with van der Waals surface area (Å²) in [5.41, 5.74) is 8.10. The molecule has 0 unspecified atom stereocenters. The zero-order valence-corrected chi connectivity index (χ0v) is 10.8. The Balaban J connectivity index is 2.13. The molecule has 19 heavy (non-hydrogen) atoms. The summed E-state index contributed by atoms with van der Waals surface area (Å²) < 4.78 is 36.8. The van der Waals surface area contributed by atoms with E-state index in [-0.39, 0.29) is 18.0 Å². The number of hydrogen-bond acceptors (Lipinski definition) is 5. The highest BCUT2D eigenvalue weighted by Crippen LogP contribution is 2.32. The Hall–Kier alpha value is -1.96. The van der Waals surface area contributed by atoms with E-state index in [0.29, 0.717) is 24.7 Å². The van der Waals surface area contributed by atoms with Crippen molar-refractivity contribution in [2.45, 2.75) is 4.90 Å². The molecular weight excluding hydrogens is 272 g/mol. The van der Waals surface area contributed by atoms with Gasteiger partial charge in [-0.3, -0.25) is 0 Å². The van der Waals surface area contributed by atoms with Crippen LogP contribution in [0.1, 0.15) is 0 Å². The summed E-state index contributed by atoms with van der Waals surface area (Å²) >= 11 is 0. The maximum Gasteiger partial charge on any atom is 0.240 e. The van der Waals surface area contributed by atoms with Gasteiger partial charge in [0.2, 0.25) is 10.0 Å². The van der Waals surface area contributed by atoms with Crippen LogP contribution in [0.2, 0.25) is 0 Å². The molecule has 0 amide bonds. The fourth-order valence-corrected chi connectivity index (χ4v) is 2.58. The lowest BCUT2D eigenvalue weighted by atomic mass is 10.3. The molecule has 1 aromatic carbocycles. The molecule has 1 aliphatic heterocycles. The van der Waals surface area contributed by atoms with Crippen LogP contribution in [0.5, 0.6) is 11.5 Å². The van der Waals surface area contributed by atoms with E-state index in [9.17, 15) is 8.42 Å². The standard InChI is InChI=1S/C10H12N4O4S/c11-14-12-3-4-13-19(15,16)8-1-2-9-10(7-8)18-6-5-17-9/h1-2,7,13H,3-6H2. The number of hydrogen-bond donors (Lipinski definition) is 1. The predicted molar refractivity (Wildman–Crippen MR) is 66.6 cm³/mol. The van der Waals surface area contributed by atoms with Crippen molar-refractivity contribution in [3.05, 3.63) is 28.6 Å². The number of fused-ring (bicyclic) bond motifs is 1. The van der Waals surface area contributed by atoms with Crippen LogP contribution >= 0.6 is 0 Å². The first-order valence-corrected chi connectivity index (χ1v) is 7.02. The molecule has 0 saturated heterocycles. The van der Waals surface area contributed by atoms with Crippen molar-refractivity contribution in [2.24, 2.45) is 5.11 Å². The second-order valence-corrected chi connectivity index (χ2v) is 5.42. The van der Waals surface area contributed by atoms with Crippen LogP contribution in [0.4, 0.5) is 0 Å². The summed E-state index contributed by atoms with van der Waals surface area (Å²) in [4.78, 5) is 2.62. The zero-order chi connectivity index (χ0) is 13.7. The average molecular weight is 284 g/mol. The van der Waals surface area contributed by atoms with Gasteiger partial charge in [0.1, 0.15) is 13.2 Å². The molecule has 0 aromatic heterocycles. The molecule has 1 aliphatic rings. The van der Waals surface area contributed by atoms with Gasteiger partial charge in [0.25, 0.3) is 0 Å². The Bertz CT molecular complexity index is 610. The molecule has 2 rings (SSSR count). The number of azide groups is 1. The van der Waals surface area contributed by atoms with Crippen LogP contribution in [0, 0.1) is 0 Å². The van der Waals surface area contributed by atoms with Gasteiger partial charge in [0.15, 0.2) is 11.5 Å². The second kappa shape index (κ2) is 5.79. The van der Waals surface area contributed by atoms with Crippen molar-refractivity contribution in [1.29, 1.82) is 0 Å². The molecule has 1 N–H and O–H groups in total. The number of ether oxygens (including phenoxy) is 2. The van der Waals surface area contributed by atoms with E-state index in [0.717, 1.165) is 0 Å². The lowest BCUT2D eigenvalue weighted by Crippen LogP contribution is -2.26. The topological polar surface area (TPSA) is 113 Å². The van der Waals surface area contributed by atoms with Crippen molar-refractivity contribution in [1.82, 2.24) is 4.72 Å². The van der Waals surface area contributed by atoms with E-state index in [4.69, 9.17) is 15.0 Å². The van der Waals surface area contributed by atoms with Crippen LogP contribution in [-0.4, -0.2) is 34.7 Å². The Morgan fingerprint density at radius 2 is 2.05 bits per heavy atom. The highest BCUT2D eigenvalue weighted by atomic mass is 32.2. The van der Waals surface area contributed by atoms with E-state index in [1.165, 1.54) is 12.1 Å². The second-order valence-electron chi connectivity index (χ2n) is 3.66. The molecule has 0 bridgehead atoms. The van der Waals surface area contributed by atoms with E-state index in [1.54, 1.807) is 6.07 Å². The highest BCUT2D eigenvalue weighted by molar-refractivity contribution is 7.89. The van der Waals surface area contributed by atoms with Gasteiger partial charge in [-0.25, -0.2) is 13.1 Å². The smallest absolute Gasteiger partial charge is 0.240 e. The minimum atomic E-state index is -3.64. The van der Waals surface area contributed by atoms with Crippen LogP contribution < -0.4 is 14.2 Å². The normalized spacial score (nSPS) is 13.7. The Kier molecular flexibility index (Phi) is 4.10. The molecule has 9 heteroatoms. The third kappa shape index (κ3) is 3.28. The van der Waals surface area contributed by atoms with Crippen molar-refractivity contribution in [3.63, 3.8) is 0 Å². The van der Waals surface area contributed by atoms with Crippen LogP contribution in [0.25, 0.3) is 10.4 Å². The van der Waals surface area contributed by atoms with Gasteiger partial charge in [0.05, 0.1) is 4.90 Å². The fraction of sp³-hybridized carbons (Fsp3) is 0.400. The lowest BCUT2D eigenvalue weighted by Gasteiger charge is -2.18. The predicted octanol–water partition coefficient (Wildman–Crippen LogP) is 1.05. The van der Waals surface area contributed by atoms with E-state index >= 15 is 0 Å². The molecule has 1 aromatic rings. The van der Waals surface area contributed by atoms with Gasteiger partial charge in [-0.15, -0.1) is 0 Å². The molecule has 0 radical (unpaired) electrons. The quantitative estimate of drug-likeness (QED) is 0.376. The summed E-state index contributed by atoms with van der Waals surface area (Å²) in [6.45, 7) is 0.936. The minimum Gasteiger partial charge on any atom is -0.486 e. The molecule has 8 nitrogen and oxygen atoms in total. The Labute approximate surface area is 110 Å². The molecule has 1 heterocycles. The van der Waals surface area contributed by atoms with E-state index < -0.39 is 10.0 Å². The third-order valence-corrected chi connectivity index (χ3v) is 3.85. The first kappa shape index (κ1) is 13.5. The largest absolute Gasteiger partial charge is 0.486 e. The Morgan fingerprint density at radius 3 is 2.79 bits per heavy atom. The van der Waals surface area contributed by atoms with Crippen LogP contribution in [0.15, 0.2) is 28.2 Å². The van der Waals surface area contributed by atoms with Gasteiger partial charge < -0.3 is 9.47 Å². The van der Waals surface area contributed by atoms with Gasteiger partial charge >= 0.3 is 0 Å². The van der Waals surface area contributed by atoms with Gasteiger partial charge in [-0.2, -0.15) is 0 Å². The maximum absolute atomic E-state index is 11.9. The van der Waals surface area contributed by atoms with Crippen molar-refractivity contribution in [2.75, 3.05) is 26.3 Å². The highest BCUT2D eigenvalue weighted by Gasteiger charge is 2.18. The molecule has 0 aliphatic carbocycles. The van der Waals surface area contributed by atoms with Crippen molar-refractivity contribution >= 4 is 10.0 Å². The van der Waals surface area contributed by atoms with Crippen LogP contribution in [-0.2, 0) is 10.0 Å². The van der Waals surface area contributed by atoms with Gasteiger partial charge in [-0.1, -0.05) is 5.11 Å². The fourth-order valence-electron chi connectivity index (χ4n) is 1.55. The third-order valence-electron chi connectivity index (χ3n) is 2.39. The SMILES string of the molecule is [N-]=[N+]=NCCNS(=O)(=O)c1ccc2c(c1)OCCO2. The van der Waals surface area contributed by atoms with Crippen LogP contribution in [0.3, 0.4) is 0 Å². The number of nitrogens with one attached hydrogen (secondary N) is 1. The molecule has 0 spiro atoms. The summed E-state index contributed by atoms with van der Waals surface area (Å²) in [6.07, 6.45) is 0. The molecule has 102 valence electrons. The molecular formula is C10H12N4O4S. The average Bonchev–Trinajstić information content (AvgIpc) is 2.43. The zero-order valence-electron chi connectivity index (χ0n) is 9.94. The summed E-state index contributed by atoms with van der Waals surface area (Å²) in [5, 5.41) is 3.25. The first-order valence-electron chi connectivity index (χ1n) is 5.53. The summed E-state index contributed by atoms with van der Waals surface area (Å²) in [5.74, 6) is 0.934. The lowest BCUT2D eigenvalue weighted by molar-refractivity contribution is 0.171. The van der Waals surface area contributed by atoms with Crippen molar-refractivity contribution < 1.29 is 17.9 Å². The molecule has 0 saturated carbocycles. The van der Waals surface area contributed by atoms with Crippen molar-refractivity contribution in [3.8, 4) is 11.5 Å². The van der Waals surface area contributed by atoms with Gasteiger partial charge in [-0.05, 0) is 17.7 Å². The Morgan fingerprint density at radius 1 is 1.32 bits per heavy atom. The number of nitrogens with zero attached hydrogens (tertiary/aromatic N) is 3. The number of benzene rings is 1. The minimum absolute atomic E-state index is 0.0425. The molecule has 0 atom stereocenters. The molecule has 0 fully saturated rings. The summed E-state index contributed by atoms with van der Waals surface area (Å²) in [7, 11) is -3.64. The summed E-state index contributed by atoms with van der Waals surface area (Å²) in [6, 6.07) is 4.39. The number of sulfonamides is 1. The van der Waals surface area contributed by atoms with Gasteiger partial charge in [0, 0.05) is 24.1 Å². The van der Waals surface area contributed by atoms with E-state index in [1.807, 2.05) is 0 Å². The maximum atomic E-state index is 11.9.